The Morgan fingerprint density at radius 3 is 2.64 bits per heavy atom. The van der Waals surface area contributed by atoms with Crippen molar-refractivity contribution in [3.8, 4) is 0 Å². The molecular formula is C7H15NO2S. The van der Waals surface area contributed by atoms with Crippen LogP contribution in [-0.4, -0.2) is 30.9 Å². The van der Waals surface area contributed by atoms with Gasteiger partial charge in [0.25, 0.3) is 0 Å². The maximum Gasteiger partial charge on any atom is 0.323 e. The van der Waals surface area contributed by atoms with Crippen LogP contribution in [0.3, 0.4) is 0 Å². The summed E-state index contributed by atoms with van der Waals surface area (Å²) in [6.07, 6.45) is 0. The number of esters is 1. The zero-order chi connectivity index (χ0) is 8.69. The van der Waals surface area contributed by atoms with Gasteiger partial charge in [0.2, 0.25) is 0 Å². The van der Waals surface area contributed by atoms with Crippen molar-refractivity contribution in [3.05, 3.63) is 0 Å². The highest BCUT2D eigenvalue weighted by atomic mass is 32.1. The lowest BCUT2D eigenvalue weighted by Crippen LogP contribution is -2.39. The maximum absolute atomic E-state index is 11.0. The molecule has 0 radical (unpaired) electrons. The molecular weight excluding hydrogens is 162 g/mol. The van der Waals surface area contributed by atoms with Gasteiger partial charge < -0.3 is 10.1 Å². The van der Waals surface area contributed by atoms with E-state index in [4.69, 9.17) is 4.74 Å². The van der Waals surface area contributed by atoms with E-state index in [1.54, 1.807) is 6.92 Å². The first-order chi connectivity index (χ1) is 5.26. The van der Waals surface area contributed by atoms with Crippen molar-refractivity contribution in [3.63, 3.8) is 0 Å². The largest absolute Gasteiger partial charge is 0.465 e. The monoisotopic (exact) mass is 177 g/mol. The van der Waals surface area contributed by atoms with Crippen molar-refractivity contribution < 1.29 is 9.53 Å². The number of thiol groups is 1. The van der Waals surface area contributed by atoms with Gasteiger partial charge >= 0.3 is 5.97 Å². The van der Waals surface area contributed by atoms with Gasteiger partial charge in [-0.25, -0.2) is 0 Å². The smallest absolute Gasteiger partial charge is 0.323 e. The van der Waals surface area contributed by atoms with E-state index in [0.29, 0.717) is 12.4 Å². The standard InChI is InChI=1S/C7H15NO2S/c1-3-8-6(5-11)7(9)10-4-2/h6,8,11H,3-5H2,1-2H3/t6-/m0/s1. The lowest BCUT2D eigenvalue weighted by atomic mass is 10.3. The molecule has 0 saturated heterocycles. The lowest BCUT2D eigenvalue weighted by molar-refractivity contribution is -0.144. The second kappa shape index (κ2) is 6.49. The summed E-state index contributed by atoms with van der Waals surface area (Å²) in [5, 5.41) is 2.97. The summed E-state index contributed by atoms with van der Waals surface area (Å²) in [5.74, 6) is 0.261. The molecule has 0 aliphatic heterocycles. The number of likely N-dealkylation sites (N-methyl/N-ethyl adjacent to an activating group) is 1. The summed E-state index contributed by atoms with van der Waals surface area (Å²) in [7, 11) is 0. The van der Waals surface area contributed by atoms with E-state index < -0.39 is 0 Å². The predicted molar refractivity (Wildman–Crippen MR) is 48.0 cm³/mol. The molecule has 0 saturated carbocycles. The quantitative estimate of drug-likeness (QED) is 0.473. The average Bonchev–Trinajstić information content (AvgIpc) is 2.00. The molecule has 4 heteroatoms. The predicted octanol–water partition coefficient (Wildman–Crippen LogP) is 0.457. The fraction of sp³-hybridized carbons (Fsp3) is 0.857. The van der Waals surface area contributed by atoms with Crippen LogP contribution in [0.5, 0.6) is 0 Å². The van der Waals surface area contributed by atoms with Crippen LogP contribution in [0.15, 0.2) is 0 Å². The Hall–Kier alpha value is -0.220. The molecule has 66 valence electrons. The number of rotatable bonds is 5. The minimum Gasteiger partial charge on any atom is -0.465 e. The van der Waals surface area contributed by atoms with E-state index >= 15 is 0 Å². The number of nitrogens with one attached hydrogen (secondary N) is 1. The van der Waals surface area contributed by atoms with Gasteiger partial charge in [-0.3, -0.25) is 4.79 Å². The molecule has 1 atom stereocenters. The van der Waals surface area contributed by atoms with Gasteiger partial charge in [-0.15, -0.1) is 0 Å². The highest BCUT2D eigenvalue weighted by Crippen LogP contribution is 1.91. The summed E-state index contributed by atoms with van der Waals surface area (Å²) in [6.45, 7) is 4.91. The van der Waals surface area contributed by atoms with Crippen molar-refractivity contribution >= 4 is 18.6 Å². The van der Waals surface area contributed by atoms with Crippen LogP contribution in [0.25, 0.3) is 0 Å². The molecule has 0 unspecified atom stereocenters. The molecule has 0 heterocycles. The van der Waals surface area contributed by atoms with Crippen molar-refractivity contribution in [2.45, 2.75) is 19.9 Å². The first kappa shape index (κ1) is 10.8. The Kier molecular flexibility index (Phi) is 6.36. The van der Waals surface area contributed by atoms with Crippen LogP contribution in [0.2, 0.25) is 0 Å². The number of carbonyl (C=O) groups excluding carboxylic acids is 1. The van der Waals surface area contributed by atoms with Crippen LogP contribution in [0, 0.1) is 0 Å². The Morgan fingerprint density at radius 1 is 1.64 bits per heavy atom. The second-order valence-corrected chi connectivity index (χ2v) is 2.41. The molecule has 0 aliphatic carbocycles. The molecule has 0 aromatic carbocycles. The molecule has 1 N–H and O–H groups in total. The second-order valence-electron chi connectivity index (χ2n) is 2.04. The Balaban J connectivity index is 3.71. The number of hydrogen-bond donors (Lipinski definition) is 2. The van der Waals surface area contributed by atoms with Gasteiger partial charge in [0, 0.05) is 5.75 Å². The zero-order valence-corrected chi connectivity index (χ0v) is 7.86. The summed E-state index contributed by atoms with van der Waals surface area (Å²) in [4.78, 5) is 11.0. The third-order valence-corrected chi connectivity index (χ3v) is 1.57. The van der Waals surface area contributed by atoms with Crippen LogP contribution >= 0.6 is 12.6 Å². The van der Waals surface area contributed by atoms with Crippen molar-refractivity contribution in [1.82, 2.24) is 5.32 Å². The Bertz CT molecular complexity index is 119. The molecule has 0 aromatic heterocycles. The van der Waals surface area contributed by atoms with Crippen LogP contribution in [0.1, 0.15) is 13.8 Å². The molecule has 0 fully saturated rings. The van der Waals surface area contributed by atoms with E-state index in [1.165, 1.54) is 0 Å². The van der Waals surface area contributed by atoms with E-state index in [-0.39, 0.29) is 12.0 Å². The minimum absolute atomic E-state index is 0.218. The van der Waals surface area contributed by atoms with Crippen molar-refractivity contribution in [1.29, 1.82) is 0 Å². The van der Waals surface area contributed by atoms with Gasteiger partial charge in [-0.05, 0) is 13.5 Å². The minimum atomic E-state index is -0.261. The highest BCUT2D eigenvalue weighted by Gasteiger charge is 2.15. The van der Waals surface area contributed by atoms with Crippen LogP contribution < -0.4 is 5.32 Å². The van der Waals surface area contributed by atoms with E-state index in [1.807, 2.05) is 6.92 Å². The number of ether oxygens (including phenoxy) is 1. The molecule has 0 aliphatic rings. The summed E-state index contributed by atoms with van der Waals surface area (Å²) >= 11 is 4.02. The molecule has 0 amide bonds. The molecule has 0 aromatic rings. The molecule has 0 bridgehead atoms. The Morgan fingerprint density at radius 2 is 2.27 bits per heavy atom. The molecule has 0 spiro atoms. The highest BCUT2D eigenvalue weighted by molar-refractivity contribution is 7.80. The number of hydrogen-bond acceptors (Lipinski definition) is 4. The SMILES string of the molecule is CCN[C@@H](CS)C(=O)OCC. The average molecular weight is 177 g/mol. The number of carbonyl (C=O) groups is 1. The first-order valence-corrected chi connectivity index (χ1v) is 4.40. The molecule has 3 nitrogen and oxygen atoms in total. The maximum atomic E-state index is 11.0. The van der Waals surface area contributed by atoms with E-state index in [2.05, 4.69) is 17.9 Å². The normalized spacial score (nSPS) is 12.6. The van der Waals surface area contributed by atoms with Crippen molar-refractivity contribution in [2.75, 3.05) is 18.9 Å². The summed E-state index contributed by atoms with van der Waals surface area (Å²) in [5.41, 5.74) is 0. The first-order valence-electron chi connectivity index (χ1n) is 3.77. The molecule has 11 heavy (non-hydrogen) atoms. The zero-order valence-electron chi connectivity index (χ0n) is 6.96. The van der Waals surface area contributed by atoms with Crippen LogP contribution in [0.4, 0.5) is 0 Å². The Labute approximate surface area is 72.9 Å². The lowest BCUT2D eigenvalue weighted by Gasteiger charge is -2.12. The van der Waals surface area contributed by atoms with Gasteiger partial charge in [-0.1, -0.05) is 6.92 Å². The third kappa shape index (κ3) is 4.27. The topological polar surface area (TPSA) is 38.3 Å². The van der Waals surface area contributed by atoms with Gasteiger partial charge in [0.15, 0.2) is 0 Å². The van der Waals surface area contributed by atoms with Crippen molar-refractivity contribution in [2.24, 2.45) is 0 Å². The van der Waals surface area contributed by atoms with Gasteiger partial charge in [-0.2, -0.15) is 12.6 Å². The third-order valence-electron chi connectivity index (χ3n) is 1.20. The van der Waals surface area contributed by atoms with E-state index in [0.717, 1.165) is 6.54 Å². The summed E-state index contributed by atoms with van der Waals surface area (Å²) < 4.78 is 4.80. The summed E-state index contributed by atoms with van der Waals surface area (Å²) in [6, 6.07) is -0.261. The van der Waals surface area contributed by atoms with E-state index in [9.17, 15) is 4.79 Å². The van der Waals surface area contributed by atoms with Crippen LogP contribution in [-0.2, 0) is 9.53 Å². The fourth-order valence-corrected chi connectivity index (χ4v) is 0.990. The van der Waals surface area contributed by atoms with Gasteiger partial charge in [0.1, 0.15) is 6.04 Å². The fourth-order valence-electron chi connectivity index (χ4n) is 0.712. The van der Waals surface area contributed by atoms with Gasteiger partial charge in [0.05, 0.1) is 6.61 Å². The molecule has 0 rings (SSSR count).